The number of carbonyl (C=O) groups excluding carboxylic acids is 1. The number of rotatable bonds is 7. The number of fused-ring (bicyclic) bond motifs is 1. The van der Waals surface area contributed by atoms with Crippen LogP contribution in [0.3, 0.4) is 0 Å². The first kappa shape index (κ1) is 26.0. The van der Waals surface area contributed by atoms with Crippen molar-refractivity contribution in [3.05, 3.63) is 114 Å². The quantitative estimate of drug-likeness (QED) is 0.217. The summed E-state index contributed by atoms with van der Waals surface area (Å²) in [5.74, 6) is -4.50. The lowest BCUT2D eigenvalue weighted by Gasteiger charge is -2.12. The number of aromatic amines is 2. The minimum atomic E-state index is -4.45. The van der Waals surface area contributed by atoms with Crippen molar-refractivity contribution in [3.8, 4) is 22.5 Å². The van der Waals surface area contributed by atoms with Gasteiger partial charge in [-0.25, -0.2) is 26.6 Å². The monoisotopic (exact) mass is 574 g/mol. The van der Waals surface area contributed by atoms with Crippen molar-refractivity contribution < 1.29 is 26.4 Å². The van der Waals surface area contributed by atoms with Gasteiger partial charge in [-0.1, -0.05) is 12.1 Å². The number of halogens is 3. The van der Waals surface area contributed by atoms with Crippen LogP contribution < -0.4 is 4.72 Å². The van der Waals surface area contributed by atoms with Gasteiger partial charge in [0, 0.05) is 46.9 Å². The summed E-state index contributed by atoms with van der Waals surface area (Å²) in [5, 5.41) is 7.31. The molecular formula is C28H17F3N6O3S. The van der Waals surface area contributed by atoms with E-state index in [-0.39, 0.29) is 16.6 Å². The Kier molecular flexibility index (Phi) is 6.34. The van der Waals surface area contributed by atoms with Crippen molar-refractivity contribution in [2.45, 2.75) is 4.90 Å². The number of carbonyl (C=O) groups is 1. The van der Waals surface area contributed by atoms with Crippen LogP contribution in [0, 0.1) is 17.5 Å². The molecule has 41 heavy (non-hydrogen) atoms. The number of hydrogen-bond acceptors (Lipinski definition) is 6. The standard InChI is InChI=1S/C28H17F3N6O3S/c29-16-4-3-5-17(11-16)41(39,40)37-22-8-7-21(30)24(25(22)31)27(38)20-13-34-28-18(20)10-15(12-33-28)19-14-35-36-26(19)23-6-1-2-9-32-23/h1-14,37H,(H,33,34)(H,35,36). The van der Waals surface area contributed by atoms with E-state index in [4.69, 9.17) is 0 Å². The van der Waals surface area contributed by atoms with Crippen LogP contribution in [0.4, 0.5) is 18.9 Å². The van der Waals surface area contributed by atoms with Gasteiger partial charge in [0.05, 0.1) is 21.8 Å². The van der Waals surface area contributed by atoms with Crippen LogP contribution in [-0.4, -0.2) is 39.4 Å². The third kappa shape index (κ3) is 4.72. The van der Waals surface area contributed by atoms with Gasteiger partial charge < -0.3 is 4.98 Å². The Hall–Kier alpha value is -5.30. The Labute approximate surface area is 230 Å². The van der Waals surface area contributed by atoms with Crippen LogP contribution in [0.5, 0.6) is 0 Å². The minimum Gasteiger partial charge on any atom is -0.345 e. The van der Waals surface area contributed by atoms with E-state index in [9.17, 15) is 22.0 Å². The molecule has 0 amide bonds. The lowest BCUT2D eigenvalue weighted by Crippen LogP contribution is -2.16. The van der Waals surface area contributed by atoms with E-state index in [0.29, 0.717) is 22.5 Å². The lowest BCUT2D eigenvalue weighted by molar-refractivity contribution is 0.103. The summed E-state index contributed by atoms with van der Waals surface area (Å²) in [6.07, 6.45) is 6.07. The van der Waals surface area contributed by atoms with Gasteiger partial charge in [-0.2, -0.15) is 5.10 Å². The van der Waals surface area contributed by atoms with Gasteiger partial charge in [-0.05, 0) is 48.5 Å². The number of nitrogens with one attached hydrogen (secondary N) is 3. The molecule has 6 rings (SSSR count). The number of nitrogens with zero attached hydrogens (tertiary/aromatic N) is 3. The molecule has 13 heteroatoms. The highest BCUT2D eigenvalue weighted by atomic mass is 32.2. The van der Waals surface area contributed by atoms with E-state index in [1.54, 1.807) is 42.9 Å². The molecule has 9 nitrogen and oxygen atoms in total. The van der Waals surface area contributed by atoms with Gasteiger partial charge in [-0.15, -0.1) is 0 Å². The first-order valence-electron chi connectivity index (χ1n) is 12.0. The van der Waals surface area contributed by atoms with Gasteiger partial charge >= 0.3 is 0 Å². The third-order valence-corrected chi connectivity index (χ3v) is 7.67. The van der Waals surface area contributed by atoms with E-state index in [1.807, 2.05) is 4.72 Å². The summed E-state index contributed by atoms with van der Waals surface area (Å²) in [6.45, 7) is 0. The Morgan fingerprint density at radius 3 is 2.56 bits per heavy atom. The fraction of sp³-hybridized carbons (Fsp3) is 0. The van der Waals surface area contributed by atoms with Crippen molar-refractivity contribution >= 4 is 32.5 Å². The molecule has 0 saturated heterocycles. The van der Waals surface area contributed by atoms with Gasteiger partial charge in [0.1, 0.15) is 23.0 Å². The smallest absolute Gasteiger partial charge is 0.262 e. The molecule has 0 aliphatic rings. The summed E-state index contributed by atoms with van der Waals surface area (Å²) in [5.41, 5.74) is 0.830. The van der Waals surface area contributed by atoms with Crippen LogP contribution >= 0.6 is 0 Å². The summed E-state index contributed by atoms with van der Waals surface area (Å²) in [4.78, 5) is 24.5. The number of ketones is 1. The molecule has 0 bridgehead atoms. The molecule has 0 fully saturated rings. The van der Waals surface area contributed by atoms with Crippen LogP contribution in [0.15, 0.2) is 90.3 Å². The number of hydrogen-bond donors (Lipinski definition) is 3. The normalized spacial score (nSPS) is 11.6. The first-order valence-corrected chi connectivity index (χ1v) is 13.4. The molecule has 0 saturated carbocycles. The predicted molar refractivity (Wildman–Crippen MR) is 144 cm³/mol. The zero-order valence-corrected chi connectivity index (χ0v) is 21.5. The second-order valence-electron chi connectivity index (χ2n) is 8.86. The Morgan fingerprint density at radius 1 is 0.927 bits per heavy atom. The molecular weight excluding hydrogens is 557 g/mol. The molecule has 0 spiro atoms. The van der Waals surface area contributed by atoms with E-state index >= 15 is 4.39 Å². The van der Waals surface area contributed by atoms with Crippen molar-refractivity contribution in [3.63, 3.8) is 0 Å². The average Bonchev–Trinajstić information content (AvgIpc) is 3.62. The first-order chi connectivity index (χ1) is 19.7. The zero-order valence-electron chi connectivity index (χ0n) is 20.7. The van der Waals surface area contributed by atoms with E-state index in [1.165, 1.54) is 12.3 Å². The van der Waals surface area contributed by atoms with E-state index < -0.39 is 49.4 Å². The van der Waals surface area contributed by atoms with Crippen molar-refractivity contribution in [2.75, 3.05) is 4.72 Å². The zero-order chi connectivity index (χ0) is 28.7. The van der Waals surface area contributed by atoms with Crippen molar-refractivity contribution in [2.24, 2.45) is 0 Å². The number of benzene rings is 2. The fourth-order valence-corrected chi connectivity index (χ4v) is 5.45. The maximum Gasteiger partial charge on any atom is 0.262 e. The van der Waals surface area contributed by atoms with E-state index in [2.05, 4.69) is 25.1 Å². The molecule has 0 radical (unpaired) electrons. The van der Waals surface area contributed by atoms with Crippen LogP contribution in [-0.2, 0) is 10.0 Å². The Morgan fingerprint density at radius 2 is 1.78 bits per heavy atom. The highest BCUT2D eigenvalue weighted by molar-refractivity contribution is 7.92. The molecule has 6 aromatic rings. The Balaban J connectivity index is 1.39. The number of sulfonamides is 1. The largest absolute Gasteiger partial charge is 0.345 e. The average molecular weight is 575 g/mol. The summed E-state index contributed by atoms with van der Waals surface area (Å²) in [7, 11) is -4.45. The van der Waals surface area contributed by atoms with Gasteiger partial charge in [0.2, 0.25) is 5.78 Å². The third-order valence-electron chi connectivity index (χ3n) is 6.30. The van der Waals surface area contributed by atoms with Crippen LogP contribution in [0.25, 0.3) is 33.5 Å². The van der Waals surface area contributed by atoms with Gasteiger partial charge in [0.25, 0.3) is 10.0 Å². The maximum absolute atomic E-state index is 15.5. The Bertz CT molecular complexity index is 2060. The molecule has 4 aromatic heterocycles. The maximum atomic E-state index is 15.5. The predicted octanol–water partition coefficient (Wildman–Crippen LogP) is 5.46. The van der Waals surface area contributed by atoms with E-state index in [0.717, 1.165) is 30.3 Å². The highest BCUT2D eigenvalue weighted by Crippen LogP contribution is 2.33. The molecule has 4 heterocycles. The second kappa shape index (κ2) is 10.0. The van der Waals surface area contributed by atoms with Crippen molar-refractivity contribution in [1.29, 1.82) is 0 Å². The second-order valence-corrected chi connectivity index (χ2v) is 10.5. The van der Waals surface area contributed by atoms with Gasteiger partial charge in [0.15, 0.2) is 5.82 Å². The number of H-pyrrole nitrogens is 2. The molecule has 0 aliphatic heterocycles. The van der Waals surface area contributed by atoms with Crippen LogP contribution in [0.2, 0.25) is 0 Å². The minimum absolute atomic E-state index is 0.0971. The molecule has 0 atom stereocenters. The molecule has 2 aromatic carbocycles. The van der Waals surface area contributed by atoms with Crippen molar-refractivity contribution in [1.82, 2.24) is 25.1 Å². The summed E-state index contributed by atoms with van der Waals surface area (Å²) < 4.78 is 71.4. The topological polar surface area (TPSA) is 133 Å². The highest BCUT2D eigenvalue weighted by Gasteiger charge is 2.27. The van der Waals surface area contributed by atoms with Crippen LogP contribution in [0.1, 0.15) is 15.9 Å². The fourth-order valence-electron chi connectivity index (χ4n) is 4.36. The molecule has 204 valence electrons. The number of anilines is 1. The molecule has 0 aliphatic carbocycles. The lowest BCUT2D eigenvalue weighted by atomic mass is 9.99. The van der Waals surface area contributed by atoms with Gasteiger partial charge in [-0.3, -0.25) is 19.6 Å². The summed E-state index contributed by atoms with van der Waals surface area (Å²) in [6, 6.07) is 12.6. The SMILES string of the molecule is O=C(c1c(F)ccc(NS(=O)(=O)c2cccc(F)c2)c1F)c1c[nH]c2ncc(-c3c[nH]nc3-c3ccccn3)cc12. The molecule has 0 unspecified atom stereocenters. The number of aromatic nitrogens is 5. The molecule has 3 N–H and O–H groups in total. The number of pyridine rings is 2. The summed E-state index contributed by atoms with van der Waals surface area (Å²) >= 11 is 0.